The molecule has 1 unspecified atom stereocenters. The van der Waals surface area contributed by atoms with Crippen LogP contribution in [-0.4, -0.2) is 43.4 Å². The number of sulfonamides is 1. The van der Waals surface area contributed by atoms with Gasteiger partial charge in [-0.3, -0.25) is 4.98 Å². The minimum Gasteiger partial charge on any atom is -0.314 e. The van der Waals surface area contributed by atoms with Crippen LogP contribution in [0.1, 0.15) is 51.6 Å². The molecule has 0 amide bonds. The van der Waals surface area contributed by atoms with Crippen molar-refractivity contribution in [2.75, 3.05) is 19.6 Å². The van der Waals surface area contributed by atoms with Crippen molar-refractivity contribution in [2.24, 2.45) is 5.92 Å². The summed E-state index contributed by atoms with van der Waals surface area (Å²) in [5, 5.41) is 4.85. The highest BCUT2D eigenvalue weighted by molar-refractivity contribution is 7.89. The van der Waals surface area contributed by atoms with E-state index < -0.39 is 10.0 Å². The van der Waals surface area contributed by atoms with E-state index in [0.29, 0.717) is 24.5 Å². The van der Waals surface area contributed by atoms with Crippen molar-refractivity contribution in [3.8, 4) is 0 Å². The molecule has 1 saturated carbocycles. The van der Waals surface area contributed by atoms with Crippen LogP contribution in [0, 0.1) is 12.8 Å². The number of aromatic nitrogens is 1. The minimum atomic E-state index is -3.49. The van der Waals surface area contributed by atoms with E-state index in [9.17, 15) is 8.42 Å². The first-order valence-corrected chi connectivity index (χ1v) is 11.9. The molecule has 1 aliphatic heterocycles. The van der Waals surface area contributed by atoms with E-state index in [1.807, 2.05) is 19.9 Å². The lowest BCUT2D eigenvalue weighted by molar-refractivity contribution is 0.284. The third kappa shape index (κ3) is 4.73. The van der Waals surface area contributed by atoms with Gasteiger partial charge in [-0.05, 0) is 31.9 Å². The zero-order valence-corrected chi connectivity index (χ0v) is 18.1. The Bertz CT molecular complexity index is 892. The van der Waals surface area contributed by atoms with E-state index in [2.05, 4.69) is 17.2 Å². The van der Waals surface area contributed by atoms with Crippen molar-refractivity contribution in [3.05, 3.63) is 36.2 Å². The van der Waals surface area contributed by atoms with Crippen LogP contribution < -0.4 is 5.32 Å². The Morgan fingerprint density at radius 2 is 1.82 bits per heavy atom. The maximum atomic E-state index is 13.0. The number of pyridine rings is 1. The van der Waals surface area contributed by atoms with Crippen LogP contribution >= 0.6 is 0 Å². The molecule has 1 aromatic carbocycles. The molecule has 0 radical (unpaired) electrons. The molecule has 1 N–H and O–H groups in total. The van der Waals surface area contributed by atoms with Crippen LogP contribution in [0.25, 0.3) is 10.8 Å². The van der Waals surface area contributed by atoms with E-state index in [-0.39, 0.29) is 6.04 Å². The summed E-state index contributed by atoms with van der Waals surface area (Å²) in [5.74, 6) is 1.04. The highest BCUT2D eigenvalue weighted by Crippen LogP contribution is 2.28. The minimum absolute atomic E-state index is 0.0399. The van der Waals surface area contributed by atoms with Gasteiger partial charge in [0.1, 0.15) is 0 Å². The monoisotopic (exact) mass is 403 g/mol. The van der Waals surface area contributed by atoms with Crippen molar-refractivity contribution >= 4 is 20.8 Å². The Balaban J connectivity index is 0.000000271. The van der Waals surface area contributed by atoms with Gasteiger partial charge in [-0.25, -0.2) is 8.42 Å². The van der Waals surface area contributed by atoms with Gasteiger partial charge >= 0.3 is 0 Å². The van der Waals surface area contributed by atoms with Gasteiger partial charge in [-0.1, -0.05) is 51.2 Å². The second kappa shape index (κ2) is 9.33. The fourth-order valence-corrected chi connectivity index (χ4v) is 6.00. The number of benzene rings is 1. The van der Waals surface area contributed by atoms with Gasteiger partial charge in [-0.2, -0.15) is 4.31 Å². The molecule has 2 aliphatic rings. The number of fused-ring (bicyclic) bond motifs is 1. The number of nitrogens with zero attached hydrogens (tertiary/aromatic N) is 2. The normalized spacial score (nSPS) is 21.9. The predicted molar refractivity (Wildman–Crippen MR) is 115 cm³/mol. The van der Waals surface area contributed by atoms with Crippen LogP contribution in [0.15, 0.2) is 35.4 Å². The van der Waals surface area contributed by atoms with Crippen molar-refractivity contribution in [1.29, 1.82) is 0 Å². The predicted octanol–water partition coefficient (Wildman–Crippen LogP) is 4.11. The molecule has 6 heteroatoms. The van der Waals surface area contributed by atoms with Gasteiger partial charge in [-0.15, -0.1) is 0 Å². The van der Waals surface area contributed by atoms with Gasteiger partial charge in [0, 0.05) is 48.3 Å². The van der Waals surface area contributed by atoms with E-state index in [1.54, 1.807) is 28.7 Å². The summed E-state index contributed by atoms with van der Waals surface area (Å²) in [6.07, 6.45) is 9.10. The fraction of sp³-hybridized carbons (Fsp3) is 0.591. The van der Waals surface area contributed by atoms with Gasteiger partial charge in [0.05, 0.1) is 4.90 Å². The van der Waals surface area contributed by atoms with Gasteiger partial charge in [0.15, 0.2) is 0 Å². The molecular weight excluding hydrogens is 370 g/mol. The lowest BCUT2D eigenvalue weighted by Crippen LogP contribution is -2.52. The number of piperazine rings is 1. The highest BCUT2D eigenvalue weighted by atomic mass is 32.2. The van der Waals surface area contributed by atoms with Crippen LogP contribution in [0.5, 0.6) is 0 Å². The van der Waals surface area contributed by atoms with Gasteiger partial charge in [0.25, 0.3) is 0 Å². The topological polar surface area (TPSA) is 62.3 Å². The lowest BCUT2D eigenvalue weighted by atomic mass is 9.91. The Morgan fingerprint density at radius 3 is 2.46 bits per heavy atom. The van der Waals surface area contributed by atoms with Crippen molar-refractivity contribution in [3.63, 3.8) is 0 Å². The number of aryl methyl sites for hydroxylation is 1. The zero-order chi connectivity index (χ0) is 20.1. The summed E-state index contributed by atoms with van der Waals surface area (Å²) in [5.41, 5.74) is 0.845. The second-order valence-electron chi connectivity index (χ2n) is 8.16. The first kappa shape index (κ1) is 21.2. The molecule has 28 heavy (non-hydrogen) atoms. The average molecular weight is 404 g/mol. The Kier molecular flexibility index (Phi) is 7.07. The van der Waals surface area contributed by atoms with E-state index in [4.69, 9.17) is 0 Å². The molecule has 2 heterocycles. The van der Waals surface area contributed by atoms with Crippen molar-refractivity contribution < 1.29 is 8.42 Å². The first-order chi connectivity index (χ1) is 13.4. The Hall–Kier alpha value is -1.50. The molecule has 0 spiro atoms. The molecule has 5 nitrogen and oxygen atoms in total. The number of nitrogens with one attached hydrogen (secondary N) is 1. The average Bonchev–Trinajstić information content (AvgIpc) is 2.69. The summed E-state index contributed by atoms with van der Waals surface area (Å²) in [6.45, 7) is 8.07. The molecule has 0 bridgehead atoms. The number of hydrogen-bond acceptors (Lipinski definition) is 4. The zero-order valence-electron chi connectivity index (χ0n) is 17.3. The molecule has 2 aromatic rings. The number of rotatable bonds is 2. The molecule has 1 saturated heterocycles. The number of hydrogen-bond donors (Lipinski definition) is 1. The van der Waals surface area contributed by atoms with E-state index >= 15 is 0 Å². The Morgan fingerprint density at radius 1 is 1.07 bits per heavy atom. The van der Waals surface area contributed by atoms with Crippen LogP contribution in [-0.2, 0) is 10.0 Å². The van der Waals surface area contributed by atoms with Crippen molar-refractivity contribution in [1.82, 2.24) is 14.6 Å². The molecule has 1 aromatic heterocycles. The maximum absolute atomic E-state index is 13.0. The Labute approximate surface area is 169 Å². The highest BCUT2D eigenvalue weighted by Gasteiger charge is 2.32. The quantitative estimate of drug-likeness (QED) is 0.820. The standard InChI is InChI=1S/C15H19N3O2S.C7H14/c1-11-10-16-8-9-18(11)21(19,20)15-5-3-4-13-12(2)17-7-6-14(13)15;1-7-5-3-2-4-6-7/h3-7,11,16H,8-10H2,1-2H3;7H,2-6H2,1H3. The summed E-state index contributed by atoms with van der Waals surface area (Å²) < 4.78 is 27.6. The fourth-order valence-electron chi connectivity index (χ4n) is 4.16. The summed E-state index contributed by atoms with van der Waals surface area (Å²) in [4.78, 5) is 4.61. The summed E-state index contributed by atoms with van der Waals surface area (Å²) in [7, 11) is -3.49. The van der Waals surface area contributed by atoms with Gasteiger partial charge < -0.3 is 5.32 Å². The third-order valence-corrected chi connectivity index (χ3v) is 7.96. The van der Waals surface area contributed by atoms with Crippen LogP contribution in [0.4, 0.5) is 0 Å². The van der Waals surface area contributed by atoms with Crippen LogP contribution in [0.2, 0.25) is 0 Å². The molecule has 1 aliphatic carbocycles. The summed E-state index contributed by atoms with van der Waals surface area (Å²) >= 11 is 0. The summed E-state index contributed by atoms with van der Waals surface area (Å²) in [6, 6.07) is 7.13. The molecule has 2 fully saturated rings. The second-order valence-corrected chi connectivity index (χ2v) is 10.0. The molecular formula is C22H33N3O2S. The maximum Gasteiger partial charge on any atom is 0.244 e. The third-order valence-electron chi connectivity index (χ3n) is 5.89. The SMILES string of the molecule is CC1CCCCC1.Cc1nccc2c(S(=O)(=O)N3CCNCC3C)cccc12. The van der Waals surface area contributed by atoms with E-state index in [1.165, 1.54) is 32.1 Å². The van der Waals surface area contributed by atoms with Crippen molar-refractivity contribution in [2.45, 2.75) is 63.8 Å². The molecule has 4 rings (SSSR count). The van der Waals surface area contributed by atoms with E-state index in [0.717, 1.165) is 22.4 Å². The first-order valence-electron chi connectivity index (χ1n) is 10.5. The lowest BCUT2D eigenvalue weighted by Gasteiger charge is -2.33. The largest absolute Gasteiger partial charge is 0.314 e. The molecule has 154 valence electrons. The van der Waals surface area contributed by atoms with Crippen LogP contribution in [0.3, 0.4) is 0 Å². The molecule has 1 atom stereocenters. The van der Waals surface area contributed by atoms with Gasteiger partial charge in [0.2, 0.25) is 10.0 Å². The smallest absolute Gasteiger partial charge is 0.244 e.